The van der Waals surface area contributed by atoms with Crippen molar-refractivity contribution in [2.45, 2.75) is 25.4 Å². The number of nitrogens with one attached hydrogen (secondary N) is 1. The first-order valence-electron chi connectivity index (χ1n) is 6.17. The van der Waals surface area contributed by atoms with Crippen molar-refractivity contribution < 1.29 is 9.84 Å². The van der Waals surface area contributed by atoms with E-state index in [-0.39, 0.29) is 18.1 Å². The highest BCUT2D eigenvalue weighted by Gasteiger charge is 2.20. The van der Waals surface area contributed by atoms with Crippen LogP contribution < -0.4 is 5.32 Å². The van der Waals surface area contributed by atoms with E-state index >= 15 is 0 Å². The molecule has 1 fully saturated rings. The molecule has 1 aromatic carbocycles. The van der Waals surface area contributed by atoms with Gasteiger partial charge in [-0.2, -0.15) is 0 Å². The molecule has 1 aliphatic rings. The number of morpholine rings is 1. The van der Waals surface area contributed by atoms with Crippen LogP contribution in [0.1, 0.15) is 31.1 Å². The molecule has 0 aliphatic carbocycles. The minimum Gasteiger partial charge on any atom is -0.395 e. The van der Waals surface area contributed by atoms with E-state index in [1.165, 1.54) is 5.56 Å². The van der Waals surface area contributed by atoms with E-state index in [1.54, 1.807) is 0 Å². The average molecular weight is 235 g/mol. The molecule has 17 heavy (non-hydrogen) atoms. The quantitative estimate of drug-likeness (QED) is 0.836. The highest BCUT2D eigenvalue weighted by molar-refractivity contribution is 5.29. The Kier molecular flexibility index (Phi) is 3.82. The van der Waals surface area contributed by atoms with Crippen LogP contribution in [0.2, 0.25) is 0 Å². The van der Waals surface area contributed by atoms with E-state index in [4.69, 9.17) is 4.74 Å². The standard InChI is InChI=1S/C14H21NO2/c1-14(2,10-16)12-5-3-11(4-6-12)13-9-15-7-8-17-13/h3-6,13,15-16H,7-10H2,1-2H3. The molecule has 0 saturated carbocycles. The molecule has 0 bridgehead atoms. The molecule has 0 radical (unpaired) electrons. The monoisotopic (exact) mass is 235 g/mol. The molecule has 0 aromatic heterocycles. The molecule has 1 aliphatic heterocycles. The topological polar surface area (TPSA) is 41.5 Å². The van der Waals surface area contributed by atoms with Crippen LogP contribution in [-0.2, 0) is 10.2 Å². The summed E-state index contributed by atoms with van der Waals surface area (Å²) in [6, 6.07) is 8.38. The fraction of sp³-hybridized carbons (Fsp3) is 0.571. The first kappa shape index (κ1) is 12.6. The highest BCUT2D eigenvalue weighted by Crippen LogP contribution is 2.25. The fourth-order valence-electron chi connectivity index (χ4n) is 2.02. The predicted octanol–water partition coefficient (Wildman–Crippen LogP) is 1.62. The third-order valence-electron chi connectivity index (χ3n) is 3.39. The number of aliphatic hydroxyl groups excluding tert-OH is 1. The smallest absolute Gasteiger partial charge is 0.0949 e. The van der Waals surface area contributed by atoms with Crippen LogP contribution in [0.25, 0.3) is 0 Å². The Hall–Kier alpha value is -0.900. The van der Waals surface area contributed by atoms with Gasteiger partial charge in [0.1, 0.15) is 0 Å². The molecule has 0 amide bonds. The Bertz CT molecular complexity index is 353. The number of hydrogen-bond acceptors (Lipinski definition) is 3. The average Bonchev–Trinajstić information content (AvgIpc) is 2.40. The molecular formula is C14H21NO2. The van der Waals surface area contributed by atoms with Gasteiger partial charge in [0, 0.05) is 18.5 Å². The van der Waals surface area contributed by atoms with Gasteiger partial charge in [0.25, 0.3) is 0 Å². The van der Waals surface area contributed by atoms with E-state index in [2.05, 4.69) is 29.6 Å². The summed E-state index contributed by atoms with van der Waals surface area (Å²) in [5, 5.41) is 12.7. The van der Waals surface area contributed by atoms with Crippen LogP contribution in [-0.4, -0.2) is 31.4 Å². The zero-order valence-electron chi connectivity index (χ0n) is 10.6. The molecule has 1 aromatic rings. The van der Waals surface area contributed by atoms with Gasteiger partial charge in [0.2, 0.25) is 0 Å². The molecule has 0 spiro atoms. The maximum atomic E-state index is 9.33. The van der Waals surface area contributed by atoms with Gasteiger partial charge in [0.15, 0.2) is 0 Å². The molecule has 1 heterocycles. The molecule has 1 unspecified atom stereocenters. The summed E-state index contributed by atoms with van der Waals surface area (Å²) in [5.41, 5.74) is 2.19. The Morgan fingerprint density at radius 2 is 2.06 bits per heavy atom. The zero-order chi connectivity index (χ0) is 12.3. The minimum atomic E-state index is -0.176. The molecule has 94 valence electrons. The van der Waals surface area contributed by atoms with Crippen LogP contribution in [0.15, 0.2) is 24.3 Å². The SMILES string of the molecule is CC(C)(CO)c1ccc(C2CNCCO2)cc1. The van der Waals surface area contributed by atoms with Crippen LogP contribution in [0.5, 0.6) is 0 Å². The summed E-state index contributed by atoms with van der Waals surface area (Å²) >= 11 is 0. The van der Waals surface area contributed by atoms with Crippen LogP contribution in [0.4, 0.5) is 0 Å². The van der Waals surface area contributed by atoms with Gasteiger partial charge in [0.05, 0.1) is 19.3 Å². The van der Waals surface area contributed by atoms with Crippen molar-refractivity contribution in [3.8, 4) is 0 Å². The van der Waals surface area contributed by atoms with Gasteiger partial charge < -0.3 is 15.2 Å². The Balaban J connectivity index is 2.12. The number of ether oxygens (including phenoxy) is 1. The number of aliphatic hydroxyl groups is 1. The van der Waals surface area contributed by atoms with Crippen molar-refractivity contribution in [3.05, 3.63) is 35.4 Å². The largest absolute Gasteiger partial charge is 0.395 e. The van der Waals surface area contributed by atoms with E-state index in [1.807, 2.05) is 13.8 Å². The lowest BCUT2D eigenvalue weighted by Gasteiger charge is -2.26. The number of benzene rings is 1. The van der Waals surface area contributed by atoms with Crippen LogP contribution >= 0.6 is 0 Å². The maximum Gasteiger partial charge on any atom is 0.0949 e. The molecule has 3 heteroatoms. The molecule has 2 N–H and O–H groups in total. The van der Waals surface area contributed by atoms with Gasteiger partial charge in [-0.15, -0.1) is 0 Å². The lowest BCUT2D eigenvalue weighted by molar-refractivity contribution is 0.0277. The van der Waals surface area contributed by atoms with E-state index in [0.29, 0.717) is 0 Å². The summed E-state index contributed by atoms with van der Waals surface area (Å²) in [7, 11) is 0. The number of hydrogen-bond donors (Lipinski definition) is 2. The molecule has 1 atom stereocenters. The normalized spacial score (nSPS) is 21.5. The van der Waals surface area contributed by atoms with E-state index < -0.39 is 0 Å². The van der Waals surface area contributed by atoms with Gasteiger partial charge in [-0.05, 0) is 11.1 Å². The second-order valence-electron chi connectivity index (χ2n) is 5.23. The van der Waals surface area contributed by atoms with Crippen LogP contribution in [0.3, 0.4) is 0 Å². The van der Waals surface area contributed by atoms with Crippen molar-refractivity contribution in [1.82, 2.24) is 5.32 Å². The van der Waals surface area contributed by atoms with Crippen molar-refractivity contribution >= 4 is 0 Å². The van der Waals surface area contributed by atoms with Crippen LogP contribution in [0, 0.1) is 0 Å². The van der Waals surface area contributed by atoms with Gasteiger partial charge in [-0.3, -0.25) is 0 Å². The molecular weight excluding hydrogens is 214 g/mol. The van der Waals surface area contributed by atoms with E-state index in [9.17, 15) is 5.11 Å². The molecule has 2 rings (SSSR count). The first-order valence-corrected chi connectivity index (χ1v) is 6.17. The second kappa shape index (κ2) is 5.17. The highest BCUT2D eigenvalue weighted by atomic mass is 16.5. The third-order valence-corrected chi connectivity index (χ3v) is 3.39. The van der Waals surface area contributed by atoms with E-state index in [0.717, 1.165) is 25.3 Å². The lowest BCUT2D eigenvalue weighted by atomic mass is 9.85. The zero-order valence-corrected chi connectivity index (χ0v) is 10.6. The maximum absolute atomic E-state index is 9.33. The van der Waals surface area contributed by atoms with Crippen molar-refractivity contribution in [2.75, 3.05) is 26.3 Å². The Morgan fingerprint density at radius 1 is 1.35 bits per heavy atom. The minimum absolute atomic E-state index is 0.161. The van der Waals surface area contributed by atoms with Crippen molar-refractivity contribution in [1.29, 1.82) is 0 Å². The summed E-state index contributed by atoms with van der Waals surface area (Å²) in [6.07, 6.45) is 0.162. The summed E-state index contributed by atoms with van der Waals surface area (Å²) in [6.45, 7) is 6.83. The molecule has 1 saturated heterocycles. The Morgan fingerprint density at radius 3 is 2.59 bits per heavy atom. The lowest BCUT2D eigenvalue weighted by Crippen LogP contribution is -2.33. The van der Waals surface area contributed by atoms with Crippen molar-refractivity contribution in [3.63, 3.8) is 0 Å². The summed E-state index contributed by atoms with van der Waals surface area (Å²) in [4.78, 5) is 0. The first-order chi connectivity index (χ1) is 8.13. The molecule has 3 nitrogen and oxygen atoms in total. The van der Waals surface area contributed by atoms with Crippen molar-refractivity contribution in [2.24, 2.45) is 0 Å². The van der Waals surface area contributed by atoms with Gasteiger partial charge >= 0.3 is 0 Å². The predicted molar refractivity (Wildman–Crippen MR) is 68.1 cm³/mol. The number of rotatable bonds is 3. The van der Waals surface area contributed by atoms with Gasteiger partial charge in [-0.1, -0.05) is 38.1 Å². The Labute approximate surface area is 103 Å². The van der Waals surface area contributed by atoms with Gasteiger partial charge in [-0.25, -0.2) is 0 Å². The summed E-state index contributed by atoms with van der Waals surface area (Å²) < 4.78 is 5.70. The summed E-state index contributed by atoms with van der Waals surface area (Å²) in [5.74, 6) is 0. The third kappa shape index (κ3) is 2.86. The second-order valence-corrected chi connectivity index (χ2v) is 5.23. The fourth-order valence-corrected chi connectivity index (χ4v) is 2.02.